The molecule has 7 nitrogen and oxygen atoms in total. The smallest absolute Gasteiger partial charge is 0.428 e. The van der Waals surface area contributed by atoms with Gasteiger partial charge >= 0.3 is 11.2 Å². The van der Waals surface area contributed by atoms with Crippen molar-refractivity contribution in [3.63, 3.8) is 0 Å². The van der Waals surface area contributed by atoms with E-state index in [1.807, 2.05) is 6.07 Å². The Morgan fingerprint density at radius 3 is 2.25 bits per heavy atom. The Morgan fingerprint density at radius 1 is 1.14 bits per heavy atom. The Kier molecular flexibility index (Phi) is 8.28. The highest BCUT2D eigenvalue weighted by Gasteiger charge is 2.49. The number of nitrogens with one attached hydrogen (secondary N) is 1. The zero-order valence-corrected chi connectivity index (χ0v) is 21.2. The number of carbonyl (C=O) groups excluding carboxylic acids is 2. The van der Waals surface area contributed by atoms with E-state index in [-0.39, 0.29) is 24.8 Å². The maximum absolute atomic E-state index is 13.2. The second-order valence-corrected chi connectivity index (χ2v) is 11.0. The number of carbonyl (C=O) groups is 2. The average Bonchev–Trinajstić information content (AvgIpc) is 2.58. The van der Waals surface area contributed by atoms with Gasteiger partial charge in [0.25, 0.3) is 5.91 Å². The Bertz CT molecular complexity index is 888. The summed E-state index contributed by atoms with van der Waals surface area (Å²) in [5.74, 6) is -2.62. The number of ether oxygens (including phenoxy) is 1. The first-order valence-electron chi connectivity index (χ1n) is 7.82. The molecule has 1 aromatic carbocycles. The first kappa shape index (κ1) is 24.4. The van der Waals surface area contributed by atoms with Crippen molar-refractivity contribution in [3.8, 4) is 0 Å². The first-order chi connectivity index (χ1) is 12.8. The molecule has 1 fully saturated rings. The van der Waals surface area contributed by atoms with E-state index in [0.717, 1.165) is 10.7 Å². The highest BCUT2D eigenvalue weighted by molar-refractivity contribution is 14.1. The molecular formula is C15H13F2I3NO6S-. The van der Waals surface area contributed by atoms with Crippen LogP contribution in [0, 0.1) is 10.7 Å². The third-order valence-electron chi connectivity index (χ3n) is 4.07. The summed E-state index contributed by atoms with van der Waals surface area (Å²) in [5, 5.41) is -2.24. The highest BCUT2D eigenvalue weighted by atomic mass is 127. The third-order valence-corrected chi connectivity index (χ3v) is 8.53. The molecule has 0 aliphatic heterocycles. The van der Waals surface area contributed by atoms with E-state index in [9.17, 15) is 31.3 Å². The summed E-state index contributed by atoms with van der Waals surface area (Å²) in [6, 6.07) is 3.47. The van der Waals surface area contributed by atoms with Crippen LogP contribution in [0.1, 0.15) is 36.0 Å². The molecule has 0 bridgehead atoms. The number of amides is 1. The third kappa shape index (κ3) is 5.84. The molecule has 156 valence electrons. The molecule has 0 spiro atoms. The predicted octanol–water partition coefficient (Wildman–Crippen LogP) is 3.22. The van der Waals surface area contributed by atoms with E-state index < -0.39 is 27.4 Å². The number of rotatable bonds is 5. The van der Waals surface area contributed by atoms with Gasteiger partial charge in [-0.25, -0.2) is 13.2 Å². The Balaban J connectivity index is 1.93. The second-order valence-electron chi connectivity index (χ2n) is 6.07. The molecule has 1 aliphatic carbocycles. The lowest BCUT2D eigenvalue weighted by Crippen LogP contribution is -2.43. The van der Waals surface area contributed by atoms with Gasteiger partial charge in [-0.1, -0.05) is 0 Å². The van der Waals surface area contributed by atoms with Gasteiger partial charge in [0.05, 0.1) is 5.56 Å². The fourth-order valence-electron chi connectivity index (χ4n) is 2.63. The van der Waals surface area contributed by atoms with Gasteiger partial charge in [-0.2, -0.15) is 8.78 Å². The van der Waals surface area contributed by atoms with E-state index in [4.69, 9.17) is 0 Å². The molecular weight excluding hydrogens is 741 g/mol. The number of halogens is 5. The Morgan fingerprint density at radius 2 is 1.71 bits per heavy atom. The van der Waals surface area contributed by atoms with Crippen molar-refractivity contribution in [2.45, 2.75) is 43.1 Å². The minimum atomic E-state index is -6.14. The van der Waals surface area contributed by atoms with Crippen LogP contribution in [0.3, 0.4) is 0 Å². The lowest BCUT2D eigenvalue weighted by atomic mass is 9.92. The SMILES string of the molecule is O=C(NC1CCC(OC(=O)C(F)(F)S(=O)(=O)[O-])CC1)c1cc(I)cc(I)c1I. The molecule has 0 aromatic heterocycles. The summed E-state index contributed by atoms with van der Waals surface area (Å²) in [7, 11) is -6.14. The normalized spacial score (nSPS) is 20.5. The summed E-state index contributed by atoms with van der Waals surface area (Å²) in [6.07, 6.45) is 0.0970. The van der Waals surface area contributed by atoms with E-state index in [0.29, 0.717) is 18.4 Å². The lowest BCUT2D eigenvalue weighted by Gasteiger charge is -2.30. The number of hydrogen-bond acceptors (Lipinski definition) is 6. The van der Waals surface area contributed by atoms with Crippen molar-refractivity contribution in [1.82, 2.24) is 5.32 Å². The van der Waals surface area contributed by atoms with Crippen LogP contribution in [0.2, 0.25) is 0 Å². The van der Waals surface area contributed by atoms with Gasteiger partial charge in [-0.3, -0.25) is 4.79 Å². The number of benzene rings is 1. The summed E-state index contributed by atoms with van der Waals surface area (Å²) >= 11 is 6.34. The summed E-state index contributed by atoms with van der Waals surface area (Å²) in [5.41, 5.74) is 0.533. The summed E-state index contributed by atoms with van der Waals surface area (Å²) < 4.78 is 64.9. The van der Waals surface area contributed by atoms with E-state index in [1.54, 1.807) is 6.07 Å². The first-order valence-corrected chi connectivity index (χ1v) is 12.5. The maximum atomic E-state index is 13.2. The molecule has 1 amide bonds. The standard InChI is InChI=1S/C15H14F2I3NO6S/c16-15(17,28(24,25)26)14(23)27-9-3-1-8(2-4-9)21-13(22)10-5-7(18)6-11(19)12(10)20/h5-6,8-9H,1-4H2,(H,21,22)(H,24,25,26)/p-1. The van der Waals surface area contributed by atoms with Gasteiger partial charge in [-0.05, 0) is 106 Å². The Hall–Kier alpha value is 0.120. The molecule has 0 unspecified atom stereocenters. The monoisotopic (exact) mass is 754 g/mol. The van der Waals surface area contributed by atoms with Crippen LogP contribution in [0.15, 0.2) is 12.1 Å². The van der Waals surface area contributed by atoms with E-state index >= 15 is 0 Å². The van der Waals surface area contributed by atoms with Crippen molar-refractivity contribution < 1.29 is 36.1 Å². The maximum Gasteiger partial charge on any atom is 0.428 e. The lowest BCUT2D eigenvalue weighted by molar-refractivity contribution is -0.168. The van der Waals surface area contributed by atoms with E-state index in [2.05, 4.69) is 77.8 Å². The van der Waals surface area contributed by atoms with Gasteiger partial charge in [0, 0.05) is 16.8 Å². The van der Waals surface area contributed by atoms with Gasteiger partial charge < -0.3 is 14.6 Å². The highest BCUT2D eigenvalue weighted by Crippen LogP contribution is 2.28. The zero-order valence-electron chi connectivity index (χ0n) is 13.9. The van der Waals surface area contributed by atoms with Gasteiger partial charge in [0.1, 0.15) is 6.10 Å². The molecule has 1 aromatic rings. The fraction of sp³-hybridized carbons (Fsp3) is 0.467. The predicted molar refractivity (Wildman–Crippen MR) is 119 cm³/mol. The molecule has 0 radical (unpaired) electrons. The van der Waals surface area contributed by atoms with Gasteiger partial charge in [0.15, 0.2) is 10.1 Å². The van der Waals surface area contributed by atoms with Crippen LogP contribution in [0.4, 0.5) is 8.78 Å². The molecule has 1 saturated carbocycles. The van der Waals surface area contributed by atoms with E-state index in [1.165, 1.54) is 0 Å². The topological polar surface area (TPSA) is 113 Å². The van der Waals surface area contributed by atoms with Crippen LogP contribution < -0.4 is 5.32 Å². The second kappa shape index (κ2) is 9.51. The molecule has 0 saturated heterocycles. The van der Waals surface area contributed by atoms with Gasteiger partial charge in [-0.15, -0.1) is 0 Å². The summed E-state index contributed by atoms with van der Waals surface area (Å²) in [4.78, 5) is 23.8. The zero-order chi connectivity index (χ0) is 21.3. The van der Waals surface area contributed by atoms with Crippen molar-refractivity contribution in [2.24, 2.45) is 0 Å². The molecule has 13 heteroatoms. The van der Waals surface area contributed by atoms with Crippen molar-refractivity contribution in [3.05, 3.63) is 28.4 Å². The minimum Gasteiger partial charge on any atom is -0.743 e. The van der Waals surface area contributed by atoms with Crippen LogP contribution in [0.5, 0.6) is 0 Å². The number of alkyl halides is 2. The minimum absolute atomic E-state index is 0.159. The molecule has 0 heterocycles. The van der Waals surface area contributed by atoms with Crippen LogP contribution >= 0.6 is 67.8 Å². The largest absolute Gasteiger partial charge is 0.743 e. The van der Waals surface area contributed by atoms with Crippen LogP contribution in [-0.4, -0.2) is 42.2 Å². The fourth-order valence-corrected chi connectivity index (χ4v) is 5.28. The number of hydrogen-bond donors (Lipinski definition) is 1. The molecule has 0 atom stereocenters. The number of esters is 1. The van der Waals surface area contributed by atoms with Crippen molar-refractivity contribution in [1.29, 1.82) is 0 Å². The quantitative estimate of drug-likeness (QED) is 0.214. The Labute approximate surface area is 200 Å². The molecule has 1 N–H and O–H groups in total. The van der Waals surface area contributed by atoms with Crippen LogP contribution in [0.25, 0.3) is 0 Å². The van der Waals surface area contributed by atoms with Gasteiger partial charge in [0.2, 0.25) is 0 Å². The molecule has 1 aliphatic rings. The van der Waals surface area contributed by atoms with Crippen molar-refractivity contribution >= 4 is 89.8 Å². The summed E-state index contributed by atoms with van der Waals surface area (Å²) in [6.45, 7) is 0. The molecule has 2 rings (SSSR count). The van der Waals surface area contributed by atoms with Crippen LogP contribution in [-0.2, 0) is 19.6 Å². The average molecular weight is 754 g/mol. The van der Waals surface area contributed by atoms with Crippen molar-refractivity contribution in [2.75, 3.05) is 0 Å². The molecule has 28 heavy (non-hydrogen) atoms.